The summed E-state index contributed by atoms with van der Waals surface area (Å²) in [5, 5.41) is 14.9. The minimum absolute atomic E-state index is 0.0286. The lowest BCUT2D eigenvalue weighted by atomic mass is 9.94. The second kappa shape index (κ2) is 8.63. The Balaban J connectivity index is 1.90. The van der Waals surface area contributed by atoms with Gasteiger partial charge in [0.25, 0.3) is 0 Å². The van der Waals surface area contributed by atoms with Crippen LogP contribution in [0.4, 0.5) is 13.2 Å². The summed E-state index contributed by atoms with van der Waals surface area (Å²) < 4.78 is 50.2. The van der Waals surface area contributed by atoms with Crippen molar-refractivity contribution in [3.8, 4) is 0 Å². The molecule has 1 fully saturated rings. The van der Waals surface area contributed by atoms with Gasteiger partial charge >= 0.3 is 6.55 Å². The van der Waals surface area contributed by atoms with Gasteiger partial charge in [0.15, 0.2) is 16.5 Å². The van der Waals surface area contributed by atoms with Gasteiger partial charge in [0.05, 0.1) is 19.8 Å². The van der Waals surface area contributed by atoms with Gasteiger partial charge in [-0.3, -0.25) is 4.99 Å². The first kappa shape index (κ1) is 19.5. The number of hydrogen-bond donors (Lipinski definition) is 3. The Kier molecular flexibility index (Phi) is 6.24. The molecule has 0 atom stereocenters. The average Bonchev–Trinajstić information content (AvgIpc) is 3.18. The Labute approximate surface area is 157 Å². The number of ether oxygens (including phenoxy) is 2. The van der Waals surface area contributed by atoms with E-state index >= 15 is 4.39 Å². The second-order valence-electron chi connectivity index (χ2n) is 5.94. The molecule has 2 aliphatic rings. The quantitative estimate of drug-likeness (QED) is 0.481. The Morgan fingerprint density at radius 3 is 2.85 bits per heavy atom. The third-order valence-electron chi connectivity index (χ3n) is 3.91. The van der Waals surface area contributed by atoms with Gasteiger partial charge in [0.1, 0.15) is 6.79 Å². The number of allylic oxidation sites excluding steroid dienone is 1. The van der Waals surface area contributed by atoms with Crippen LogP contribution in [0.3, 0.4) is 0 Å². The van der Waals surface area contributed by atoms with Crippen LogP contribution in [0.25, 0.3) is 0 Å². The highest BCUT2D eigenvalue weighted by atomic mass is 32.1. The van der Waals surface area contributed by atoms with Gasteiger partial charge < -0.3 is 25.5 Å². The smallest absolute Gasteiger partial charge is 0.312 e. The van der Waals surface area contributed by atoms with E-state index in [-0.39, 0.29) is 38.5 Å². The molecule has 0 unspecified atom stereocenters. The fourth-order valence-electron chi connectivity index (χ4n) is 2.73. The fraction of sp³-hybridized carbons (Fsp3) is 0.438. The number of aromatic nitrogens is 1. The number of aliphatic imine (C=N–C) groups is 1. The maximum Gasteiger partial charge on any atom is 0.312 e. The number of amidine groups is 1. The van der Waals surface area contributed by atoms with E-state index in [1.165, 1.54) is 11.3 Å². The van der Waals surface area contributed by atoms with Gasteiger partial charge in [-0.2, -0.15) is 8.78 Å². The van der Waals surface area contributed by atoms with Crippen molar-refractivity contribution in [3.63, 3.8) is 0 Å². The van der Waals surface area contributed by atoms with E-state index in [9.17, 15) is 8.78 Å². The minimum atomic E-state index is -2.78. The van der Waals surface area contributed by atoms with Crippen LogP contribution in [0.5, 0.6) is 0 Å². The van der Waals surface area contributed by atoms with Crippen LogP contribution in [-0.2, 0) is 9.47 Å². The standard InChI is InChI=1S/C16H18F3N5O2S/c17-15(18)23-5-10(4-20)11-6-22-13(14-21-1-2-27-14)24-12(11)3-16(19)7-25-9-26-8-16/h1-2,4-5,15,20,23H,3,6-9H2,(H,22,24)/b10-5+,20-4?. The van der Waals surface area contributed by atoms with E-state index in [1.54, 1.807) is 11.6 Å². The average molecular weight is 401 g/mol. The number of rotatable bonds is 7. The van der Waals surface area contributed by atoms with Crippen molar-refractivity contribution in [2.45, 2.75) is 18.6 Å². The Hall–Kier alpha value is -2.24. The van der Waals surface area contributed by atoms with Crippen LogP contribution >= 0.6 is 11.3 Å². The van der Waals surface area contributed by atoms with Crippen LogP contribution < -0.4 is 10.6 Å². The highest BCUT2D eigenvalue weighted by Gasteiger charge is 2.36. The van der Waals surface area contributed by atoms with Crippen molar-refractivity contribution in [2.75, 3.05) is 26.6 Å². The van der Waals surface area contributed by atoms with Crippen molar-refractivity contribution in [1.82, 2.24) is 15.6 Å². The highest BCUT2D eigenvalue weighted by molar-refractivity contribution is 7.11. The first-order valence-electron chi connectivity index (χ1n) is 8.04. The fourth-order valence-corrected chi connectivity index (χ4v) is 3.33. The molecule has 0 spiro atoms. The minimum Gasteiger partial charge on any atom is -0.352 e. The molecule has 3 N–H and O–H groups in total. The summed E-state index contributed by atoms with van der Waals surface area (Å²) in [4.78, 5) is 8.54. The topological polar surface area (TPSA) is 91.6 Å². The number of thiazole rings is 1. The van der Waals surface area contributed by atoms with Crippen molar-refractivity contribution in [3.05, 3.63) is 39.6 Å². The first-order valence-corrected chi connectivity index (χ1v) is 8.92. The summed E-state index contributed by atoms with van der Waals surface area (Å²) in [6.45, 7) is -2.94. The van der Waals surface area contributed by atoms with E-state index in [0.29, 0.717) is 22.1 Å². The summed E-state index contributed by atoms with van der Waals surface area (Å²) in [5.74, 6) is 0.469. The maximum atomic E-state index is 15.1. The van der Waals surface area contributed by atoms with E-state index in [1.807, 2.05) is 5.32 Å². The number of alkyl halides is 3. The van der Waals surface area contributed by atoms with Gasteiger partial charge in [-0.1, -0.05) is 0 Å². The van der Waals surface area contributed by atoms with E-state index in [2.05, 4.69) is 15.3 Å². The van der Waals surface area contributed by atoms with E-state index in [4.69, 9.17) is 14.9 Å². The molecule has 27 heavy (non-hydrogen) atoms. The predicted molar refractivity (Wildman–Crippen MR) is 94.9 cm³/mol. The van der Waals surface area contributed by atoms with Crippen LogP contribution in [-0.4, -0.2) is 55.8 Å². The third-order valence-corrected chi connectivity index (χ3v) is 4.69. The molecule has 0 saturated carbocycles. The Morgan fingerprint density at radius 1 is 1.44 bits per heavy atom. The van der Waals surface area contributed by atoms with Gasteiger partial charge in [-0.05, 0) is 0 Å². The van der Waals surface area contributed by atoms with Crippen LogP contribution in [0.15, 0.2) is 39.6 Å². The SMILES string of the molecule is N=C/C(=C\NC(F)F)C1=C(CC2(F)COCOC2)NC(c2nccs2)=NC1. The van der Waals surface area contributed by atoms with E-state index in [0.717, 1.165) is 12.4 Å². The van der Waals surface area contributed by atoms with Gasteiger partial charge in [0.2, 0.25) is 0 Å². The second-order valence-corrected chi connectivity index (χ2v) is 6.83. The Morgan fingerprint density at radius 2 is 2.22 bits per heavy atom. The lowest BCUT2D eigenvalue weighted by Crippen LogP contribution is -2.43. The zero-order valence-electron chi connectivity index (χ0n) is 14.2. The third kappa shape index (κ3) is 4.93. The highest BCUT2D eigenvalue weighted by Crippen LogP contribution is 2.29. The lowest BCUT2D eigenvalue weighted by Gasteiger charge is -2.32. The summed E-state index contributed by atoms with van der Waals surface area (Å²) in [6, 6.07) is 0. The molecular weight excluding hydrogens is 383 g/mol. The molecule has 0 amide bonds. The van der Waals surface area contributed by atoms with Crippen LogP contribution in [0, 0.1) is 5.41 Å². The number of halogens is 3. The molecule has 0 bridgehead atoms. The molecule has 0 aliphatic carbocycles. The van der Waals surface area contributed by atoms with Crippen LogP contribution in [0.1, 0.15) is 11.4 Å². The molecule has 3 rings (SSSR count). The predicted octanol–water partition coefficient (Wildman–Crippen LogP) is 2.20. The monoisotopic (exact) mass is 401 g/mol. The molecular formula is C16H18F3N5O2S. The zero-order chi connectivity index (χ0) is 19.3. The molecule has 3 heterocycles. The lowest BCUT2D eigenvalue weighted by molar-refractivity contribution is -0.171. The zero-order valence-corrected chi connectivity index (χ0v) is 15.0. The maximum absolute atomic E-state index is 15.1. The summed E-state index contributed by atoms with van der Waals surface area (Å²) in [7, 11) is 0. The van der Waals surface area contributed by atoms with Crippen molar-refractivity contribution in [2.24, 2.45) is 4.99 Å². The van der Waals surface area contributed by atoms with Gasteiger partial charge in [-0.25, -0.2) is 9.37 Å². The summed E-state index contributed by atoms with van der Waals surface area (Å²) >= 11 is 1.37. The molecule has 1 aromatic rings. The van der Waals surface area contributed by atoms with Crippen molar-refractivity contribution < 1.29 is 22.6 Å². The number of nitrogens with zero attached hydrogens (tertiary/aromatic N) is 2. The summed E-state index contributed by atoms with van der Waals surface area (Å²) in [6.07, 6.45) is 3.47. The molecule has 0 radical (unpaired) electrons. The molecule has 7 nitrogen and oxygen atoms in total. The normalized spacial score (nSPS) is 20.3. The molecule has 146 valence electrons. The molecule has 1 aromatic heterocycles. The van der Waals surface area contributed by atoms with Crippen molar-refractivity contribution in [1.29, 1.82) is 5.41 Å². The van der Waals surface area contributed by atoms with Crippen molar-refractivity contribution >= 4 is 23.4 Å². The van der Waals surface area contributed by atoms with E-state index < -0.39 is 12.2 Å². The molecule has 11 heteroatoms. The number of hydrogen-bond acceptors (Lipinski definition) is 8. The largest absolute Gasteiger partial charge is 0.352 e. The molecule has 0 aromatic carbocycles. The first-order chi connectivity index (χ1) is 13.0. The summed E-state index contributed by atoms with van der Waals surface area (Å²) in [5.41, 5.74) is -0.722. The van der Waals surface area contributed by atoms with Gasteiger partial charge in [0, 0.05) is 47.3 Å². The number of nitrogens with one attached hydrogen (secondary N) is 3. The Bertz CT molecular complexity index is 758. The van der Waals surface area contributed by atoms with Gasteiger partial charge in [-0.15, -0.1) is 11.3 Å². The molecule has 2 aliphatic heterocycles. The molecule has 1 saturated heterocycles. The van der Waals surface area contributed by atoms with Crippen LogP contribution in [0.2, 0.25) is 0 Å².